The number of aliphatic hydroxyl groups excluding tert-OH is 1. The number of piperidine rings is 1. The molecule has 1 aromatic rings. The molecular formula is C14H21N3O2. The van der Waals surface area contributed by atoms with E-state index in [0.717, 1.165) is 31.5 Å². The summed E-state index contributed by atoms with van der Waals surface area (Å²) in [4.78, 5) is 18.6. The molecular weight excluding hydrogens is 242 g/mol. The van der Waals surface area contributed by atoms with E-state index in [9.17, 15) is 4.79 Å². The fourth-order valence-electron chi connectivity index (χ4n) is 2.65. The molecule has 1 aliphatic heterocycles. The largest absolute Gasteiger partial charge is 0.396 e. The quantitative estimate of drug-likeness (QED) is 0.864. The van der Waals surface area contributed by atoms with Crippen LogP contribution in [0.4, 0.5) is 5.69 Å². The lowest BCUT2D eigenvalue weighted by Crippen LogP contribution is -2.44. The van der Waals surface area contributed by atoms with Crippen LogP contribution in [0.5, 0.6) is 0 Å². The van der Waals surface area contributed by atoms with E-state index in [0.29, 0.717) is 12.0 Å². The molecule has 104 valence electrons. The van der Waals surface area contributed by atoms with E-state index in [1.165, 1.54) is 0 Å². The van der Waals surface area contributed by atoms with Crippen LogP contribution in [-0.2, 0) is 0 Å². The Morgan fingerprint density at radius 2 is 2.42 bits per heavy atom. The summed E-state index contributed by atoms with van der Waals surface area (Å²) < 4.78 is 0. The van der Waals surface area contributed by atoms with Crippen LogP contribution in [0.2, 0.25) is 0 Å². The van der Waals surface area contributed by atoms with Crippen molar-refractivity contribution in [2.45, 2.75) is 31.7 Å². The van der Waals surface area contributed by atoms with Crippen molar-refractivity contribution in [3.63, 3.8) is 0 Å². The molecule has 0 radical (unpaired) electrons. The number of likely N-dealkylation sites (tertiary alicyclic amines) is 1. The van der Waals surface area contributed by atoms with Crippen LogP contribution < -0.4 is 5.32 Å². The van der Waals surface area contributed by atoms with Gasteiger partial charge in [-0.2, -0.15) is 0 Å². The molecule has 0 saturated carbocycles. The molecule has 5 nitrogen and oxygen atoms in total. The number of anilines is 1. The number of nitrogens with zero attached hydrogens (tertiary/aromatic N) is 2. The van der Waals surface area contributed by atoms with Crippen LogP contribution in [0.3, 0.4) is 0 Å². The van der Waals surface area contributed by atoms with Gasteiger partial charge in [-0.05, 0) is 31.7 Å². The third kappa shape index (κ3) is 3.04. The van der Waals surface area contributed by atoms with Gasteiger partial charge >= 0.3 is 0 Å². The lowest BCUT2D eigenvalue weighted by atomic mass is 9.98. The maximum atomic E-state index is 12.6. The zero-order chi connectivity index (χ0) is 13.7. The minimum absolute atomic E-state index is 0.0323. The minimum Gasteiger partial charge on any atom is -0.396 e. The maximum Gasteiger partial charge on any atom is 0.256 e. The van der Waals surface area contributed by atoms with Crippen LogP contribution in [-0.4, -0.2) is 47.1 Å². The predicted octanol–water partition coefficient (Wildman–Crippen LogP) is 1.50. The molecule has 1 aliphatic rings. The molecule has 2 heterocycles. The van der Waals surface area contributed by atoms with Gasteiger partial charge in [0.1, 0.15) is 0 Å². The highest BCUT2D eigenvalue weighted by molar-refractivity contribution is 5.99. The average Bonchev–Trinajstić information content (AvgIpc) is 2.47. The molecule has 1 amide bonds. The van der Waals surface area contributed by atoms with E-state index in [-0.39, 0.29) is 18.6 Å². The van der Waals surface area contributed by atoms with E-state index in [2.05, 4.69) is 10.3 Å². The van der Waals surface area contributed by atoms with Gasteiger partial charge in [0.25, 0.3) is 5.91 Å². The minimum atomic E-state index is 0.0323. The van der Waals surface area contributed by atoms with Crippen molar-refractivity contribution >= 4 is 11.6 Å². The Balaban J connectivity index is 2.21. The molecule has 1 saturated heterocycles. The number of carbonyl (C=O) groups is 1. The Morgan fingerprint density at radius 3 is 3.16 bits per heavy atom. The van der Waals surface area contributed by atoms with Gasteiger partial charge in [-0.1, -0.05) is 0 Å². The van der Waals surface area contributed by atoms with Crippen LogP contribution in [0, 0.1) is 0 Å². The highest BCUT2D eigenvalue weighted by Crippen LogP contribution is 2.24. The zero-order valence-electron chi connectivity index (χ0n) is 11.3. The lowest BCUT2D eigenvalue weighted by Gasteiger charge is -2.36. The third-order valence-electron chi connectivity index (χ3n) is 3.67. The summed E-state index contributed by atoms with van der Waals surface area (Å²) in [5.74, 6) is 0.0323. The first-order valence-corrected chi connectivity index (χ1v) is 6.81. The van der Waals surface area contributed by atoms with Crippen molar-refractivity contribution in [2.24, 2.45) is 0 Å². The first-order chi connectivity index (χ1) is 9.27. The van der Waals surface area contributed by atoms with Gasteiger partial charge in [-0.25, -0.2) is 0 Å². The second-order valence-corrected chi connectivity index (χ2v) is 4.83. The van der Waals surface area contributed by atoms with Crippen molar-refractivity contribution in [2.75, 3.05) is 25.5 Å². The van der Waals surface area contributed by atoms with Gasteiger partial charge < -0.3 is 15.3 Å². The number of hydrogen-bond acceptors (Lipinski definition) is 4. The van der Waals surface area contributed by atoms with E-state index in [1.54, 1.807) is 25.5 Å². The first kappa shape index (κ1) is 13.8. The molecule has 2 N–H and O–H groups in total. The molecule has 1 atom stereocenters. The highest BCUT2D eigenvalue weighted by atomic mass is 16.3. The van der Waals surface area contributed by atoms with E-state index >= 15 is 0 Å². The van der Waals surface area contributed by atoms with Gasteiger partial charge in [0.05, 0.1) is 17.4 Å². The molecule has 0 bridgehead atoms. The topological polar surface area (TPSA) is 65.5 Å². The summed E-state index contributed by atoms with van der Waals surface area (Å²) in [5.41, 5.74) is 1.41. The number of hydrogen-bond donors (Lipinski definition) is 2. The molecule has 1 unspecified atom stereocenters. The molecule has 19 heavy (non-hydrogen) atoms. The average molecular weight is 263 g/mol. The standard InChI is InChI=1S/C14H21N3O2/c1-15-13-10-16-7-5-12(13)14(19)17-8-3-2-4-11(17)6-9-18/h5,7,10-11,15,18H,2-4,6,8-9H2,1H3. The Hall–Kier alpha value is -1.62. The molecule has 1 fully saturated rings. The lowest BCUT2D eigenvalue weighted by molar-refractivity contribution is 0.0575. The van der Waals surface area contributed by atoms with Gasteiger partial charge in [-0.3, -0.25) is 9.78 Å². The van der Waals surface area contributed by atoms with E-state index in [4.69, 9.17) is 5.11 Å². The summed E-state index contributed by atoms with van der Waals surface area (Å²) in [6.07, 6.45) is 7.10. The summed E-state index contributed by atoms with van der Waals surface area (Å²) in [7, 11) is 1.79. The number of rotatable bonds is 4. The van der Waals surface area contributed by atoms with Crippen LogP contribution >= 0.6 is 0 Å². The number of amides is 1. The smallest absolute Gasteiger partial charge is 0.256 e. The monoisotopic (exact) mass is 263 g/mol. The van der Waals surface area contributed by atoms with Crippen LogP contribution in [0.15, 0.2) is 18.5 Å². The molecule has 0 aliphatic carbocycles. The third-order valence-corrected chi connectivity index (χ3v) is 3.67. The van der Waals surface area contributed by atoms with E-state index in [1.807, 2.05) is 4.90 Å². The molecule has 5 heteroatoms. The Bertz CT molecular complexity index is 434. The summed E-state index contributed by atoms with van der Waals surface area (Å²) >= 11 is 0. The molecule has 0 spiro atoms. The van der Waals surface area contributed by atoms with Crippen molar-refractivity contribution < 1.29 is 9.90 Å². The predicted molar refractivity (Wildman–Crippen MR) is 74.2 cm³/mol. The van der Waals surface area contributed by atoms with Crippen molar-refractivity contribution in [1.82, 2.24) is 9.88 Å². The van der Waals surface area contributed by atoms with Gasteiger partial charge in [0.2, 0.25) is 0 Å². The number of pyridine rings is 1. The van der Waals surface area contributed by atoms with Crippen LogP contribution in [0.1, 0.15) is 36.0 Å². The number of aromatic nitrogens is 1. The zero-order valence-corrected chi connectivity index (χ0v) is 11.3. The first-order valence-electron chi connectivity index (χ1n) is 6.81. The number of aliphatic hydroxyl groups is 1. The molecule has 2 rings (SSSR count). The number of carbonyl (C=O) groups excluding carboxylic acids is 1. The second kappa shape index (κ2) is 6.52. The number of nitrogens with one attached hydrogen (secondary N) is 1. The van der Waals surface area contributed by atoms with Crippen molar-refractivity contribution in [3.8, 4) is 0 Å². The SMILES string of the molecule is CNc1cnccc1C(=O)N1CCCCC1CCO. The fraction of sp³-hybridized carbons (Fsp3) is 0.571. The van der Waals surface area contributed by atoms with Crippen molar-refractivity contribution in [1.29, 1.82) is 0 Å². The maximum absolute atomic E-state index is 12.6. The van der Waals surface area contributed by atoms with Crippen molar-refractivity contribution in [3.05, 3.63) is 24.0 Å². The summed E-state index contributed by atoms with van der Waals surface area (Å²) in [6, 6.07) is 1.91. The normalized spacial score (nSPS) is 19.3. The Morgan fingerprint density at radius 1 is 1.58 bits per heavy atom. The summed E-state index contributed by atoms with van der Waals surface area (Å²) in [5, 5.41) is 12.1. The van der Waals surface area contributed by atoms with Crippen LogP contribution in [0.25, 0.3) is 0 Å². The van der Waals surface area contributed by atoms with Gasteiger partial charge in [-0.15, -0.1) is 0 Å². The fourth-order valence-corrected chi connectivity index (χ4v) is 2.65. The molecule has 0 aromatic carbocycles. The summed E-state index contributed by atoms with van der Waals surface area (Å²) in [6.45, 7) is 0.901. The highest BCUT2D eigenvalue weighted by Gasteiger charge is 2.28. The second-order valence-electron chi connectivity index (χ2n) is 4.83. The van der Waals surface area contributed by atoms with Gasteiger partial charge in [0, 0.05) is 32.4 Å². The molecule has 1 aromatic heterocycles. The van der Waals surface area contributed by atoms with Gasteiger partial charge in [0.15, 0.2) is 0 Å². The Kier molecular flexibility index (Phi) is 4.74. The van der Waals surface area contributed by atoms with E-state index < -0.39 is 0 Å². The Labute approximate surface area is 113 Å².